The zero-order chi connectivity index (χ0) is 8.72. The Hall–Kier alpha value is 0.293. The van der Waals surface area contributed by atoms with Crippen molar-refractivity contribution in [1.82, 2.24) is 0 Å². The number of aryl methyl sites for hydroxylation is 3. The first-order chi connectivity index (χ1) is 5.70. The largest absolute Gasteiger partial charge is 0.168 e. The molecule has 0 aromatic heterocycles. The van der Waals surface area contributed by atoms with Crippen molar-refractivity contribution in [2.24, 2.45) is 0 Å². The van der Waals surface area contributed by atoms with Gasteiger partial charge in [0.2, 0.25) is 0 Å². The second kappa shape index (κ2) is 6.79. The number of hydrogen-bond donors (Lipinski definition) is 0. The standard InChI is InChI=1S/C12H13.2ClH.Zr/c1-8-4-5-9(2)12-10(3)6-7-11(8)12;;;/h4-7H,1-3H3;2*1H;/q-1;;;. The predicted molar refractivity (Wildman–Crippen MR) is 68.2 cm³/mol. The summed E-state index contributed by atoms with van der Waals surface area (Å²) in [7, 11) is 0. The van der Waals surface area contributed by atoms with Crippen LogP contribution in [0.15, 0.2) is 24.3 Å². The summed E-state index contributed by atoms with van der Waals surface area (Å²) in [6.07, 6.45) is 0. The van der Waals surface area contributed by atoms with E-state index in [0.717, 1.165) is 0 Å². The quantitative estimate of drug-likeness (QED) is 0.634. The maximum atomic E-state index is 2.22. The van der Waals surface area contributed by atoms with Gasteiger partial charge in [-0.2, -0.15) is 12.1 Å². The van der Waals surface area contributed by atoms with Crippen molar-refractivity contribution >= 4 is 35.6 Å². The molecule has 0 unspecified atom stereocenters. The van der Waals surface area contributed by atoms with Gasteiger partial charge in [-0.3, -0.25) is 0 Å². The molecule has 0 amide bonds. The monoisotopic (exact) mass is 319 g/mol. The van der Waals surface area contributed by atoms with Crippen LogP contribution in [-0.4, -0.2) is 0 Å². The molecule has 82 valence electrons. The molecule has 0 heterocycles. The molecule has 0 fully saturated rings. The van der Waals surface area contributed by atoms with Gasteiger partial charge in [0.1, 0.15) is 0 Å². The van der Waals surface area contributed by atoms with E-state index in [9.17, 15) is 0 Å². The summed E-state index contributed by atoms with van der Waals surface area (Å²) < 4.78 is 0. The Morgan fingerprint density at radius 2 is 1.47 bits per heavy atom. The minimum Gasteiger partial charge on any atom is -0.168 e. The summed E-state index contributed by atoms with van der Waals surface area (Å²) >= 11 is 0. The summed E-state index contributed by atoms with van der Waals surface area (Å²) in [5, 5.41) is 2.85. The molecule has 0 radical (unpaired) electrons. The van der Waals surface area contributed by atoms with Crippen molar-refractivity contribution in [2.75, 3.05) is 0 Å². The molecule has 0 saturated heterocycles. The maximum absolute atomic E-state index is 2.22. The van der Waals surface area contributed by atoms with Crippen LogP contribution in [0, 0.1) is 20.8 Å². The summed E-state index contributed by atoms with van der Waals surface area (Å²) in [5.41, 5.74) is 4.16. The zero-order valence-electron chi connectivity index (χ0n) is 9.13. The van der Waals surface area contributed by atoms with Gasteiger partial charge in [0, 0.05) is 26.2 Å². The Balaban J connectivity index is 0. The van der Waals surface area contributed by atoms with Crippen molar-refractivity contribution in [2.45, 2.75) is 20.8 Å². The van der Waals surface area contributed by atoms with Crippen LogP contribution in [-0.2, 0) is 26.2 Å². The zero-order valence-corrected chi connectivity index (χ0v) is 13.2. The molecule has 0 nitrogen and oxygen atoms in total. The van der Waals surface area contributed by atoms with E-state index >= 15 is 0 Å². The molecule has 3 heteroatoms. The summed E-state index contributed by atoms with van der Waals surface area (Å²) in [4.78, 5) is 0. The summed E-state index contributed by atoms with van der Waals surface area (Å²) in [5.74, 6) is 0. The van der Waals surface area contributed by atoms with Gasteiger partial charge in [0.05, 0.1) is 0 Å². The van der Waals surface area contributed by atoms with Crippen molar-refractivity contribution < 1.29 is 26.2 Å². The number of benzene rings is 1. The first kappa shape index (κ1) is 17.7. The molecular formula is C12H15Cl2Zr-. The fourth-order valence-corrected chi connectivity index (χ4v) is 1.86. The molecular weight excluding hydrogens is 306 g/mol. The van der Waals surface area contributed by atoms with Crippen molar-refractivity contribution in [3.05, 3.63) is 41.0 Å². The van der Waals surface area contributed by atoms with Gasteiger partial charge in [-0.1, -0.05) is 25.5 Å². The molecule has 2 aromatic carbocycles. The first-order valence-corrected chi connectivity index (χ1v) is 4.32. The van der Waals surface area contributed by atoms with E-state index < -0.39 is 0 Å². The van der Waals surface area contributed by atoms with Gasteiger partial charge in [-0.15, -0.1) is 52.8 Å². The Morgan fingerprint density at radius 1 is 0.933 bits per heavy atom. The second-order valence-electron chi connectivity index (χ2n) is 3.50. The number of fused-ring (bicyclic) bond motifs is 1. The third kappa shape index (κ3) is 3.12. The molecule has 0 bridgehead atoms. The van der Waals surface area contributed by atoms with Crippen molar-refractivity contribution in [3.63, 3.8) is 0 Å². The van der Waals surface area contributed by atoms with Crippen LogP contribution in [0.1, 0.15) is 16.7 Å². The minimum atomic E-state index is 0. The average molecular weight is 321 g/mol. The van der Waals surface area contributed by atoms with E-state index in [1.54, 1.807) is 0 Å². The van der Waals surface area contributed by atoms with Gasteiger partial charge >= 0.3 is 0 Å². The van der Waals surface area contributed by atoms with Gasteiger partial charge < -0.3 is 0 Å². The van der Waals surface area contributed by atoms with E-state index in [0.29, 0.717) is 0 Å². The van der Waals surface area contributed by atoms with Crippen LogP contribution in [0.5, 0.6) is 0 Å². The fourth-order valence-electron chi connectivity index (χ4n) is 1.86. The number of halogens is 2. The second-order valence-corrected chi connectivity index (χ2v) is 3.50. The minimum absolute atomic E-state index is 0. The Labute approximate surface area is 123 Å². The average Bonchev–Trinajstić information content (AvgIpc) is 2.42. The Morgan fingerprint density at radius 3 is 2.00 bits per heavy atom. The van der Waals surface area contributed by atoms with Crippen molar-refractivity contribution in [3.8, 4) is 0 Å². The SMILES string of the molecule is Cc1ccc(C)c2c1cc[c-]2C.Cl.Cl.[Zr]. The normalized spacial score (nSPS) is 8.73. The van der Waals surface area contributed by atoms with E-state index in [1.807, 2.05) is 0 Å². The van der Waals surface area contributed by atoms with Gasteiger partial charge in [0.15, 0.2) is 0 Å². The molecule has 0 aliphatic rings. The van der Waals surface area contributed by atoms with E-state index in [1.165, 1.54) is 27.5 Å². The molecule has 2 aromatic rings. The molecule has 0 saturated carbocycles. The fraction of sp³-hybridized carbons (Fsp3) is 0.250. The Kier molecular flexibility index (Phi) is 8.00. The summed E-state index contributed by atoms with van der Waals surface area (Å²) in [6, 6.07) is 8.80. The first-order valence-electron chi connectivity index (χ1n) is 4.32. The topological polar surface area (TPSA) is 0 Å². The summed E-state index contributed by atoms with van der Waals surface area (Å²) in [6.45, 7) is 6.52. The Bertz CT molecular complexity index is 432. The molecule has 0 atom stereocenters. The third-order valence-corrected chi connectivity index (χ3v) is 2.57. The molecule has 2 rings (SSSR count). The van der Waals surface area contributed by atoms with Crippen LogP contribution < -0.4 is 0 Å². The van der Waals surface area contributed by atoms with Gasteiger partial charge in [0.25, 0.3) is 0 Å². The van der Waals surface area contributed by atoms with E-state index in [2.05, 4.69) is 45.0 Å². The molecule has 0 aliphatic carbocycles. The predicted octanol–water partition coefficient (Wildman–Crippen LogP) is 4.33. The van der Waals surface area contributed by atoms with Gasteiger partial charge in [-0.25, -0.2) is 0 Å². The van der Waals surface area contributed by atoms with Crippen LogP contribution in [0.4, 0.5) is 0 Å². The van der Waals surface area contributed by atoms with E-state index in [-0.39, 0.29) is 51.0 Å². The number of hydrogen-bond acceptors (Lipinski definition) is 0. The molecule has 0 aliphatic heterocycles. The molecule has 0 spiro atoms. The smallest absolute Gasteiger partial charge is 0 e. The molecule has 0 N–H and O–H groups in total. The van der Waals surface area contributed by atoms with Crippen molar-refractivity contribution in [1.29, 1.82) is 0 Å². The maximum Gasteiger partial charge on any atom is 0 e. The van der Waals surface area contributed by atoms with Crippen LogP contribution in [0.25, 0.3) is 10.8 Å². The van der Waals surface area contributed by atoms with Crippen LogP contribution in [0.2, 0.25) is 0 Å². The van der Waals surface area contributed by atoms with Crippen LogP contribution in [0.3, 0.4) is 0 Å². The number of rotatable bonds is 0. The van der Waals surface area contributed by atoms with E-state index in [4.69, 9.17) is 0 Å². The third-order valence-electron chi connectivity index (χ3n) is 2.57. The van der Waals surface area contributed by atoms with Gasteiger partial charge in [-0.05, 0) is 6.92 Å². The van der Waals surface area contributed by atoms with Crippen LogP contribution >= 0.6 is 24.8 Å². The molecule has 15 heavy (non-hydrogen) atoms.